The molecule has 0 spiro atoms. The van der Waals surface area contributed by atoms with Crippen LogP contribution in [-0.4, -0.2) is 46.1 Å². The highest BCUT2D eigenvalue weighted by Crippen LogP contribution is 2.16. The molecule has 0 saturated heterocycles. The summed E-state index contributed by atoms with van der Waals surface area (Å²) in [5.41, 5.74) is 0. The number of carbonyl (C=O) groups excluding carboxylic acids is 1. The fourth-order valence-corrected chi connectivity index (χ4v) is 6.99. The lowest BCUT2D eigenvalue weighted by Gasteiger charge is -2.23. The molecule has 51 heavy (non-hydrogen) atoms. The minimum Gasteiger partial charge on any atom is -0.394 e. The average molecular weight is 720 g/mol. The summed E-state index contributed by atoms with van der Waals surface area (Å²) in [5.74, 6) is -0.477. The molecule has 0 aromatic rings. The second-order valence-corrected chi connectivity index (χ2v) is 15.6. The van der Waals surface area contributed by atoms with Crippen LogP contribution in [0.2, 0.25) is 0 Å². The Kier molecular flexibility index (Phi) is 40.6. The third-order valence-corrected chi connectivity index (χ3v) is 10.6. The van der Waals surface area contributed by atoms with Crippen LogP contribution in [0.5, 0.6) is 0 Å². The molecule has 0 aliphatic rings. The van der Waals surface area contributed by atoms with Gasteiger partial charge in [-0.15, -0.1) is 0 Å². The molecule has 0 aromatic heterocycles. The summed E-state index contributed by atoms with van der Waals surface area (Å²) < 4.78 is 0. The van der Waals surface area contributed by atoms with Crippen LogP contribution < -0.4 is 5.32 Å². The summed E-state index contributed by atoms with van der Waals surface area (Å²) >= 11 is 0. The molecule has 0 aliphatic heterocycles. The van der Waals surface area contributed by atoms with Gasteiger partial charge in [0.05, 0.1) is 18.8 Å². The van der Waals surface area contributed by atoms with Gasteiger partial charge in [-0.1, -0.05) is 218 Å². The van der Waals surface area contributed by atoms with E-state index >= 15 is 0 Å². The topological polar surface area (TPSA) is 89.8 Å². The molecule has 0 fully saturated rings. The monoisotopic (exact) mass is 720 g/mol. The van der Waals surface area contributed by atoms with E-state index in [4.69, 9.17) is 0 Å². The summed E-state index contributed by atoms with van der Waals surface area (Å²) in [5, 5.41) is 33.3. The van der Waals surface area contributed by atoms with Gasteiger partial charge < -0.3 is 20.6 Å². The third-order valence-electron chi connectivity index (χ3n) is 10.6. The van der Waals surface area contributed by atoms with Crippen LogP contribution in [0.15, 0.2) is 24.3 Å². The molecule has 0 saturated carbocycles. The summed E-state index contributed by atoms with van der Waals surface area (Å²) in [6.07, 6.45) is 50.3. The van der Waals surface area contributed by atoms with Gasteiger partial charge in [-0.25, -0.2) is 0 Å². The Morgan fingerprint density at radius 1 is 0.471 bits per heavy atom. The van der Waals surface area contributed by atoms with Crippen molar-refractivity contribution in [1.29, 1.82) is 0 Å². The minimum atomic E-state index is -1.08. The number of allylic oxidation sites excluding steroid dienone is 4. The minimum absolute atomic E-state index is 0.316. The molecule has 3 unspecified atom stereocenters. The molecule has 302 valence electrons. The van der Waals surface area contributed by atoms with Gasteiger partial charge in [0.1, 0.15) is 6.10 Å². The van der Waals surface area contributed by atoms with Crippen molar-refractivity contribution in [2.24, 2.45) is 0 Å². The molecular weight excluding hydrogens is 631 g/mol. The van der Waals surface area contributed by atoms with Crippen LogP contribution in [0, 0.1) is 0 Å². The molecule has 0 aliphatic carbocycles. The van der Waals surface area contributed by atoms with E-state index in [1.54, 1.807) is 0 Å². The van der Waals surface area contributed by atoms with Crippen LogP contribution in [-0.2, 0) is 4.79 Å². The molecule has 0 heterocycles. The van der Waals surface area contributed by atoms with Crippen molar-refractivity contribution < 1.29 is 20.1 Å². The molecule has 5 nitrogen and oxygen atoms in total. The number of unbranched alkanes of at least 4 members (excludes halogenated alkanes) is 29. The molecule has 0 rings (SSSR count). The Bertz CT molecular complexity index is 754. The van der Waals surface area contributed by atoms with Crippen molar-refractivity contribution in [1.82, 2.24) is 5.32 Å². The zero-order valence-electron chi connectivity index (χ0n) is 34.2. The van der Waals surface area contributed by atoms with Gasteiger partial charge >= 0.3 is 0 Å². The van der Waals surface area contributed by atoms with Gasteiger partial charge in [0.2, 0.25) is 5.91 Å². The van der Waals surface area contributed by atoms with Gasteiger partial charge in [0, 0.05) is 0 Å². The summed E-state index contributed by atoms with van der Waals surface area (Å²) in [6, 6.07) is -0.714. The summed E-state index contributed by atoms with van der Waals surface area (Å²) in [6.45, 7) is 4.23. The van der Waals surface area contributed by atoms with E-state index in [1.165, 1.54) is 167 Å². The molecular formula is C46H89NO4. The first-order valence-corrected chi connectivity index (χ1v) is 22.6. The van der Waals surface area contributed by atoms with Gasteiger partial charge in [0.15, 0.2) is 0 Å². The Hall–Kier alpha value is -1.17. The van der Waals surface area contributed by atoms with Gasteiger partial charge in [-0.05, 0) is 44.9 Å². The first kappa shape index (κ1) is 49.8. The van der Waals surface area contributed by atoms with Gasteiger partial charge in [-0.2, -0.15) is 0 Å². The molecule has 0 radical (unpaired) electrons. The van der Waals surface area contributed by atoms with Crippen molar-refractivity contribution in [2.45, 2.75) is 257 Å². The van der Waals surface area contributed by atoms with Crippen LogP contribution in [0.4, 0.5) is 0 Å². The average Bonchev–Trinajstić information content (AvgIpc) is 3.13. The highest BCUT2D eigenvalue weighted by atomic mass is 16.3. The zero-order valence-corrected chi connectivity index (χ0v) is 34.2. The fraction of sp³-hybridized carbons (Fsp3) is 0.891. The standard InChI is InChI=1S/C46H89NO4/c1-3-5-7-9-11-13-15-17-19-20-21-22-23-24-25-27-29-31-33-35-37-39-41-45(50)46(51)47-43(42-48)44(49)40-38-36-34-32-30-28-26-18-16-14-12-10-8-6-4-2/h21-22,24-25,43-45,48-50H,3-20,23,26-42H2,1-2H3,(H,47,51)/b22-21-,25-24-. The normalized spacial score (nSPS) is 13.7. The van der Waals surface area contributed by atoms with E-state index in [0.29, 0.717) is 12.8 Å². The molecule has 1 amide bonds. The Balaban J connectivity index is 3.64. The van der Waals surface area contributed by atoms with E-state index < -0.39 is 24.2 Å². The number of aliphatic hydroxyl groups excluding tert-OH is 3. The predicted octanol–water partition coefficient (Wildman–Crippen LogP) is 13.0. The largest absolute Gasteiger partial charge is 0.394 e. The number of hydrogen-bond donors (Lipinski definition) is 4. The highest BCUT2D eigenvalue weighted by molar-refractivity contribution is 5.80. The second-order valence-electron chi connectivity index (χ2n) is 15.6. The van der Waals surface area contributed by atoms with Crippen molar-refractivity contribution in [2.75, 3.05) is 6.61 Å². The fourth-order valence-electron chi connectivity index (χ4n) is 6.99. The van der Waals surface area contributed by atoms with Crippen LogP contribution in [0.1, 0.15) is 239 Å². The van der Waals surface area contributed by atoms with Crippen LogP contribution in [0.3, 0.4) is 0 Å². The lowest BCUT2D eigenvalue weighted by molar-refractivity contribution is -0.131. The summed E-state index contributed by atoms with van der Waals surface area (Å²) in [7, 11) is 0. The predicted molar refractivity (Wildman–Crippen MR) is 222 cm³/mol. The quantitative estimate of drug-likeness (QED) is 0.0374. The maximum Gasteiger partial charge on any atom is 0.249 e. The van der Waals surface area contributed by atoms with E-state index in [-0.39, 0.29) is 6.61 Å². The number of carbonyl (C=O) groups is 1. The van der Waals surface area contributed by atoms with Crippen molar-refractivity contribution in [3.05, 3.63) is 24.3 Å². The maximum absolute atomic E-state index is 12.5. The van der Waals surface area contributed by atoms with E-state index in [0.717, 1.165) is 44.9 Å². The van der Waals surface area contributed by atoms with E-state index in [9.17, 15) is 20.1 Å². The smallest absolute Gasteiger partial charge is 0.249 e. The third kappa shape index (κ3) is 37.0. The Morgan fingerprint density at radius 2 is 0.804 bits per heavy atom. The summed E-state index contributed by atoms with van der Waals surface area (Å²) in [4.78, 5) is 12.5. The highest BCUT2D eigenvalue weighted by Gasteiger charge is 2.23. The zero-order chi connectivity index (χ0) is 37.3. The first-order chi connectivity index (χ1) is 25.1. The second kappa shape index (κ2) is 41.6. The first-order valence-electron chi connectivity index (χ1n) is 22.6. The van der Waals surface area contributed by atoms with Crippen molar-refractivity contribution in [3.8, 4) is 0 Å². The molecule has 0 bridgehead atoms. The number of amides is 1. The number of rotatable bonds is 41. The SMILES string of the molecule is CCCCCCCCCCC/C=C\C/C=C\CCCCCCCCC(O)C(=O)NC(CO)C(O)CCCCCCCCCCCCCCCCC. The Labute approximate surface area is 318 Å². The molecule has 3 atom stereocenters. The lowest BCUT2D eigenvalue weighted by Crippen LogP contribution is -2.49. The number of nitrogens with one attached hydrogen (secondary N) is 1. The molecule has 5 heteroatoms. The van der Waals surface area contributed by atoms with Crippen LogP contribution in [0.25, 0.3) is 0 Å². The van der Waals surface area contributed by atoms with Crippen molar-refractivity contribution in [3.63, 3.8) is 0 Å². The molecule has 4 N–H and O–H groups in total. The lowest BCUT2D eigenvalue weighted by atomic mass is 10.0. The number of aliphatic hydroxyl groups is 3. The maximum atomic E-state index is 12.5. The van der Waals surface area contributed by atoms with E-state index in [2.05, 4.69) is 43.5 Å². The van der Waals surface area contributed by atoms with Gasteiger partial charge in [-0.3, -0.25) is 4.79 Å². The van der Waals surface area contributed by atoms with Gasteiger partial charge in [0.25, 0.3) is 0 Å². The molecule has 0 aromatic carbocycles. The van der Waals surface area contributed by atoms with E-state index in [1.807, 2.05) is 0 Å². The Morgan fingerprint density at radius 3 is 1.18 bits per heavy atom. The van der Waals surface area contributed by atoms with Crippen LogP contribution >= 0.6 is 0 Å². The van der Waals surface area contributed by atoms with Crippen molar-refractivity contribution >= 4 is 5.91 Å². The number of hydrogen-bond acceptors (Lipinski definition) is 4.